The van der Waals surface area contributed by atoms with Gasteiger partial charge in [0.25, 0.3) is 0 Å². The quantitative estimate of drug-likeness (QED) is 0.767. The van der Waals surface area contributed by atoms with Gasteiger partial charge in [-0.3, -0.25) is 0 Å². The molecule has 1 rings (SSSR count). The second kappa shape index (κ2) is 8.09. The summed E-state index contributed by atoms with van der Waals surface area (Å²) >= 11 is 0. The predicted molar refractivity (Wildman–Crippen MR) is 73.4 cm³/mol. The number of hydrogen-bond acceptors (Lipinski definition) is 2. The monoisotopic (exact) mass is 253 g/mol. The highest BCUT2D eigenvalue weighted by molar-refractivity contribution is 5.34. The SMILES string of the molecule is CCCC(N)CCCc1cc(F)ccc1OCC. The third-order valence-electron chi connectivity index (χ3n) is 3.00. The minimum absolute atomic E-state index is 0.202. The van der Waals surface area contributed by atoms with E-state index in [9.17, 15) is 4.39 Å². The first kappa shape index (κ1) is 15.0. The summed E-state index contributed by atoms with van der Waals surface area (Å²) in [6, 6.07) is 4.98. The minimum Gasteiger partial charge on any atom is -0.494 e. The van der Waals surface area contributed by atoms with Crippen molar-refractivity contribution in [2.45, 2.75) is 52.0 Å². The smallest absolute Gasteiger partial charge is 0.123 e. The van der Waals surface area contributed by atoms with Crippen molar-refractivity contribution in [3.63, 3.8) is 0 Å². The summed E-state index contributed by atoms with van der Waals surface area (Å²) in [6.45, 7) is 4.68. The van der Waals surface area contributed by atoms with Crippen molar-refractivity contribution in [1.29, 1.82) is 0 Å². The third-order valence-corrected chi connectivity index (χ3v) is 3.00. The van der Waals surface area contributed by atoms with Crippen LogP contribution in [0.4, 0.5) is 4.39 Å². The van der Waals surface area contributed by atoms with Crippen LogP contribution in [0.25, 0.3) is 0 Å². The molecule has 0 radical (unpaired) electrons. The van der Waals surface area contributed by atoms with Gasteiger partial charge in [-0.2, -0.15) is 0 Å². The van der Waals surface area contributed by atoms with Crippen LogP contribution in [-0.4, -0.2) is 12.6 Å². The Morgan fingerprint density at radius 3 is 2.72 bits per heavy atom. The molecule has 2 nitrogen and oxygen atoms in total. The maximum atomic E-state index is 13.2. The lowest BCUT2D eigenvalue weighted by Crippen LogP contribution is -2.19. The van der Waals surface area contributed by atoms with E-state index in [0.29, 0.717) is 6.61 Å². The molecule has 0 saturated heterocycles. The molecule has 1 atom stereocenters. The lowest BCUT2D eigenvalue weighted by Gasteiger charge is -2.12. The van der Waals surface area contributed by atoms with E-state index in [-0.39, 0.29) is 11.9 Å². The molecule has 0 aliphatic carbocycles. The molecule has 0 bridgehead atoms. The van der Waals surface area contributed by atoms with Gasteiger partial charge in [0.15, 0.2) is 0 Å². The van der Waals surface area contributed by atoms with Gasteiger partial charge in [-0.05, 0) is 56.4 Å². The van der Waals surface area contributed by atoms with Crippen molar-refractivity contribution in [3.8, 4) is 5.75 Å². The van der Waals surface area contributed by atoms with E-state index in [1.807, 2.05) is 6.92 Å². The van der Waals surface area contributed by atoms with E-state index >= 15 is 0 Å². The Bertz CT molecular complexity index is 354. The summed E-state index contributed by atoms with van der Waals surface area (Å²) < 4.78 is 18.7. The molecule has 2 N–H and O–H groups in total. The van der Waals surface area contributed by atoms with Crippen LogP contribution in [0.2, 0.25) is 0 Å². The van der Waals surface area contributed by atoms with Crippen LogP contribution in [0.15, 0.2) is 18.2 Å². The second-order valence-corrected chi connectivity index (χ2v) is 4.63. The van der Waals surface area contributed by atoms with Gasteiger partial charge < -0.3 is 10.5 Å². The van der Waals surface area contributed by atoms with Crippen molar-refractivity contribution >= 4 is 0 Å². The van der Waals surface area contributed by atoms with E-state index in [4.69, 9.17) is 10.5 Å². The van der Waals surface area contributed by atoms with Gasteiger partial charge in [0.2, 0.25) is 0 Å². The highest BCUT2D eigenvalue weighted by Crippen LogP contribution is 2.22. The van der Waals surface area contributed by atoms with Gasteiger partial charge in [0.05, 0.1) is 6.61 Å². The normalized spacial score (nSPS) is 12.4. The van der Waals surface area contributed by atoms with E-state index in [1.54, 1.807) is 12.1 Å². The van der Waals surface area contributed by atoms with E-state index < -0.39 is 0 Å². The summed E-state index contributed by atoms with van der Waals surface area (Å²) in [5.41, 5.74) is 6.91. The molecule has 0 aromatic heterocycles. The van der Waals surface area contributed by atoms with E-state index in [1.165, 1.54) is 6.07 Å². The maximum Gasteiger partial charge on any atom is 0.123 e. The topological polar surface area (TPSA) is 35.2 Å². The zero-order valence-corrected chi connectivity index (χ0v) is 11.4. The molecular formula is C15H24FNO. The number of ether oxygens (including phenoxy) is 1. The van der Waals surface area contributed by atoms with Crippen molar-refractivity contribution < 1.29 is 9.13 Å². The Kier molecular flexibility index (Phi) is 6.73. The molecule has 0 saturated carbocycles. The van der Waals surface area contributed by atoms with Gasteiger partial charge >= 0.3 is 0 Å². The zero-order valence-electron chi connectivity index (χ0n) is 11.4. The number of aryl methyl sites for hydroxylation is 1. The average molecular weight is 253 g/mol. The van der Waals surface area contributed by atoms with Crippen LogP contribution in [0.1, 0.15) is 45.1 Å². The molecule has 1 aromatic rings. The maximum absolute atomic E-state index is 13.2. The molecule has 0 heterocycles. The third kappa shape index (κ3) is 5.05. The molecule has 1 unspecified atom stereocenters. The van der Waals surface area contributed by atoms with Gasteiger partial charge in [-0.15, -0.1) is 0 Å². The fourth-order valence-corrected chi connectivity index (χ4v) is 2.11. The Labute approximate surface area is 109 Å². The van der Waals surface area contributed by atoms with E-state index in [0.717, 1.165) is 43.4 Å². The van der Waals surface area contributed by atoms with Crippen LogP contribution in [0.3, 0.4) is 0 Å². The molecule has 0 spiro atoms. The van der Waals surface area contributed by atoms with Gasteiger partial charge in [-0.1, -0.05) is 13.3 Å². The summed E-state index contributed by atoms with van der Waals surface area (Å²) in [4.78, 5) is 0. The van der Waals surface area contributed by atoms with Crippen molar-refractivity contribution in [3.05, 3.63) is 29.6 Å². The number of benzene rings is 1. The number of halogens is 1. The van der Waals surface area contributed by atoms with Crippen molar-refractivity contribution in [1.82, 2.24) is 0 Å². The Morgan fingerprint density at radius 1 is 1.28 bits per heavy atom. The molecule has 0 aliphatic rings. The summed E-state index contributed by atoms with van der Waals surface area (Å²) in [6.07, 6.45) is 4.96. The lowest BCUT2D eigenvalue weighted by molar-refractivity contribution is 0.335. The summed E-state index contributed by atoms with van der Waals surface area (Å²) in [5, 5.41) is 0. The van der Waals surface area contributed by atoms with Crippen molar-refractivity contribution in [2.24, 2.45) is 5.73 Å². The lowest BCUT2D eigenvalue weighted by atomic mass is 10.0. The zero-order chi connectivity index (χ0) is 13.4. The van der Waals surface area contributed by atoms with E-state index in [2.05, 4.69) is 6.92 Å². The predicted octanol–water partition coefficient (Wildman–Crippen LogP) is 3.67. The molecule has 3 heteroatoms. The standard InChI is InChI=1S/C15H24FNO/c1-3-6-14(17)8-5-7-12-11-13(16)9-10-15(12)18-4-2/h9-11,14H,3-8,17H2,1-2H3. The Hall–Kier alpha value is -1.09. The fourth-order valence-electron chi connectivity index (χ4n) is 2.11. The van der Waals surface area contributed by atoms with Crippen LogP contribution in [-0.2, 0) is 6.42 Å². The Morgan fingerprint density at radius 2 is 2.06 bits per heavy atom. The number of hydrogen-bond donors (Lipinski definition) is 1. The second-order valence-electron chi connectivity index (χ2n) is 4.63. The molecule has 0 aliphatic heterocycles. The number of rotatable bonds is 8. The minimum atomic E-state index is -0.202. The summed E-state index contributed by atoms with van der Waals surface area (Å²) in [5.74, 6) is 0.592. The molecule has 18 heavy (non-hydrogen) atoms. The molecule has 102 valence electrons. The van der Waals surface area contributed by atoms with Crippen molar-refractivity contribution in [2.75, 3.05) is 6.61 Å². The fraction of sp³-hybridized carbons (Fsp3) is 0.600. The van der Waals surface area contributed by atoms with Crippen LogP contribution >= 0.6 is 0 Å². The van der Waals surface area contributed by atoms with Gasteiger partial charge in [-0.25, -0.2) is 4.39 Å². The molecular weight excluding hydrogens is 229 g/mol. The highest BCUT2D eigenvalue weighted by atomic mass is 19.1. The van der Waals surface area contributed by atoms with Gasteiger partial charge in [0.1, 0.15) is 11.6 Å². The average Bonchev–Trinajstić information content (AvgIpc) is 2.33. The van der Waals surface area contributed by atoms with Crippen LogP contribution < -0.4 is 10.5 Å². The molecule has 1 aromatic carbocycles. The van der Waals surface area contributed by atoms with Crippen LogP contribution in [0, 0.1) is 5.82 Å². The summed E-state index contributed by atoms with van der Waals surface area (Å²) in [7, 11) is 0. The molecule has 0 fully saturated rings. The largest absolute Gasteiger partial charge is 0.494 e. The first-order chi connectivity index (χ1) is 8.67. The number of nitrogens with two attached hydrogens (primary N) is 1. The van der Waals surface area contributed by atoms with Gasteiger partial charge in [0, 0.05) is 6.04 Å². The first-order valence-corrected chi connectivity index (χ1v) is 6.84. The first-order valence-electron chi connectivity index (χ1n) is 6.84. The highest BCUT2D eigenvalue weighted by Gasteiger charge is 2.07. The van der Waals surface area contributed by atoms with Crippen LogP contribution in [0.5, 0.6) is 5.75 Å². The molecule has 0 amide bonds. The Balaban J connectivity index is 2.52.